The number of aromatic hydroxyl groups is 1. The van der Waals surface area contributed by atoms with Gasteiger partial charge in [-0.05, 0) is 19.2 Å². The Morgan fingerprint density at radius 1 is 1.28 bits per heavy atom. The maximum Gasteiger partial charge on any atom is 0.236 e. The molecular weight excluding hydrogens is 275 g/mol. The van der Waals surface area contributed by atoms with Gasteiger partial charge < -0.3 is 10.0 Å². The molecule has 4 nitrogen and oxygen atoms in total. The molecule has 0 aliphatic heterocycles. The van der Waals surface area contributed by atoms with Crippen LogP contribution in [0.15, 0.2) is 12.1 Å². The number of hydrogen-bond donors (Lipinski definition) is 1. The van der Waals surface area contributed by atoms with Crippen molar-refractivity contribution in [3.05, 3.63) is 27.7 Å². The number of phenolic OH excluding ortho intramolecular Hbond substituents is 1. The highest BCUT2D eigenvalue weighted by Gasteiger charge is 2.13. The Morgan fingerprint density at radius 2 is 1.89 bits per heavy atom. The van der Waals surface area contributed by atoms with Crippen LogP contribution in [-0.4, -0.2) is 48.5 Å². The molecule has 0 spiro atoms. The fraction of sp³-hybridized carbons (Fsp3) is 0.417. The van der Waals surface area contributed by atoms with E-state index >= 15 is 0 Å². The lowest BCUT2D eigenvalue weighted by atomic mass is 10.2. The van der Waals surface area contributed by atoms with E-state index in [-0.39, 0.29) is 23.2 Å². The minimum absolute atomic E-state index is 0.00483. The molecule has 100 valence electrons. The van der Waals surface area contributed by atoms with Gasteiger partial charge in [0.05, 0.1) is 11.6 Å². The van der Waals surface area contributed by atoms with Crippen molar-refractivity contribution in [3.8, 4) is 5.75 Å². The second kappa shape index (κ2) is 6.27. The van der Waals surface area contributed by atoms with Gasteiger partial charge in [0.15, 0.2) is 0 Å². The lowest BCUT2D eigenvalue weighted by Gasteiger charge is -2.19. The third kappa shape index (κ3) is 4.05. The number of phenols is 1. The standard InChI is InChI=1S/C12H16Cl2N2O2/c1-15(2)11(17)7-16(3)6-8-4-9(13)5-10(14)12(8)18/h4-5,18H,6-7H2,1-3H3. The first kappa shape index (κ1) is 15.1. The fourth-order valence-electron chi connectivity index (χ4n) is 1.46. The van der Waals surface area contributed by atoms with Gasteiger partial charge in [-0.15, -0.1) is 0 Å². The molecule has 6 heteroatoms. The summed E-state index contributed by atoms with van der Waals surface area (Å²) < 4.78 is 0. The summed E-state index contributed by atoms with van der Waals surface area (Å²) in [6, 6.07) is 3.12. The summed E-state index contributed by atoms with van der Waals surface area (Å²) in [5.41, 5.74) is 0.599. The van der Waals surface area contributed by atoms with E-state index < -0.39 is 0 Å². The van der Waals surface area contributed by atoms with Crippen LogP contribution in [0.25, 0.3) is 0 Å². The minimum Gasteiger partial charge on any atom is -0.506 e. The summed E-state index contributed by atoms with van der Waals surface area (Å²) in [7, 11) is 5.18. The maximum absolute atomic E-state index is 11.5. The highest BCUT2D eigenvalue weighted by Crippen LogP contribution is 2.31. The van der Waals surface area contributed by atoms with Crippen LogP contribution in [0.5, 0.6) is 5.75 Å². The number of amides is 1. The molecule has 0 aliphatic rings. The summed E-state index contributed by atoms with van der Waals surface area (Å²) in [4.78, 5) is 14.8. The molecule has 1 aromatic rings. The van der Waals surface area contributed by atoms with Gasteiger partial charge >= 0.3 is 0 Å². The number of carbonyl (C=O) groups excluding carboxylic acids is 1. The molecule has 1 amide bonds. The lowest BCUT2D eigenvalue weighted by molar-refractivity contribution is -0.129. The van der Waals surface area contributed by atoms with Crippen LogP contribution in [0.3, 0.4) is 0 Å². The Labute approximate surface area is 117 Å². The molecule has 1 N–H and O–H groups in total. The second-order valence-corrected chi connectivity index (χ2v) is 5.20. The Kier molecular flexibility index (Phi) is 5.26. The van der Waals surface area contributed by atoms with Gasteiger partial charge in [0.1, 0.15) is 5.75 Å². The van der Waals surface area contributed by atoms with Crippen molar-refractivity contribution in [2.24, 2.45) is 0 Å². The number of halogens is 2. The molecule has 0 bridgehead atoms. The van der Waals surface area contributed by atoms with Crippen molar-refractivity contribution < 1.29 is 9.90 Å². The largest absolute Gasteiger partial charge is 0.506 e. The number of benzene rings is 1. The molecule has 18 heavy (non-hydrogen) atoms. The normalized spacial score (nSPS) is 10.8. The van der Waals surface area contributed by atoms with Crippen molar-refractivity contribution in [3.63, 3.8) is 0 Å². The molecule has 1 aromatic carbocycles. The molecule has 1 rings (SSSR count). The van der Waals surface area contributed by atoms with Crippen LogP contribution < -0.4 is 0 Å². The smallest absolute Gasteiger partial charge is 0.236 e. The first-order chi connectivity index (χ1) is 8.31. The van der Waals surface area contributed by atoms with E-state index in [0.29, 0.717) is 17.1 Å². The van der Waals surface area contributed by atoms with E-state index in [1.807, 2.05) is 0 Å². The predicted molar refractivity (Wildman–Crippen MR) is 73.2 cm³/mol. The third-order valence-corrected chi connectivity index (χ3v) is 2.96. The van der Waals surface area contributed by atoms with Crippen LogP contribution in [-0.2, 0) is 11.3 Å². The van der Waals surface area contributed by atoms with Crippen molar-refractivity contribution in [2.45, 2.75) is 6.54 Å². The van der Waals surface area contributed by atoms with E-state index in [9.17, 15) is 9.90 Å². The van der Waals surface area contributed by atoms with Crippen LogP contribution in [0.2, 0.25) is 10.0 Å². The Balaban J connectivity index is 2.76. The summed E-state index contributed by atoms with van der Waals surface area (Å²) in [6.45, 7) is 0.655. The summed E-state index contributed by atoms with van der Waals surface area (Å²) in [6.07, 6.45) is 0. The number of hydrogen-bond acceptors (Lipinski definition) is 3. The van der Waals surface area contributed by atoms with Gasteiger partial charge in [-0.1, -0.05) is 23.2 Å². The van der Waals surface area contributed by atoms with Gasteiger partial charge in [0.25, 0.3) is 0 Å². The molecule has 0 aliphatic carbocycles. The average molecular weight is 291 g/mol. The van der Waals surface area contributed by atoms with E-state index in [1.165, 1.54) is 11.0 Å². The maximum atomic E-state index is 11.5. The van der Waals surface area contributed by atoms with Gasteiger partial charge in [0, 0.05) is 31.2 Å². The molecule has 0 fully saturated rings. The summed E-state index contributed by atoms with van der Waals surface area (Å²) >= 11 is 11.7. The van der Waals surface area contributed by atoms with E-state index in [2.05, 4.69) is 0 Å². The first-order valence-electron chi connectivity index (χ1n) is 5.37. The van der Waals surface area contributed by atoms with Crippen molar-refractivity contribution in [2.75, 3.05) is 27.7 Å². The van der Waals surface area contributed by atoms with Crippen LogP contribution in [0.1, 0.15) is 5.56 Å². The number of rotatable bonds is 4. The topological polar surface area (TPSA) is 43.8 Å². The van der Waals surface area contributed by atoms with Gasteiger partial charge in [0.2, 0.25) is 5.91 Å². The van der Waals surface area contributed by atoms with Gasteiger partial charge in [-0.3, -0.25) is 9.69 Å². The Hall–Kier alpha value is -0.970. The molecule has 0 heterocycles. The molecular formula is C12H16Cl2N2O2. The zero-order valence-corrected chi connectivity index (χ0v) is 12.1. The Bertz CT molecular complexity index is 450. The zero-order valence-electron chi connectivity index (χ0n) is 10.6. The van der Waals surface area contributed by atoms with Crippen LogP contribution in [0.4, 0.5) is 0 Å². The fourth-order valence-corrected chi connectivity index (χ4v) is 1.99. The molecule has 0 atom stereocenters. The van der Waals surface area contributed by atoms with Crippen LogP contribution >= 0.6 is 23.2 Å². The summed E-state index contributed by atoms with van der Waals surface area (Å²) in [5.74, 6) is -0.00432. The quantitative estimate of drug-likeness (QED) is 0.925. The van der Waals surface area contributed by atoms with E-state index in [1.54, 1.807) is 32.1 Å². The average Bonchev–Trinajstić information content (AvgIpc) is 2.24. The highest BCUT2D eigenvalue weighted by molar-refractivity contribution is 6.35. The molecule has 0 saturated carbocycles. The number of nitrogens with zero attached hydrogens (tertiary/aromatic N) is 2. The van der Waals surface area contributed by atoms with Crippen LogP contribution in [0, 0.1) is 0 Å². The van der Waals surface area contributed by atoms with E-state index in [0.717, 1.165) is 0 Å². The van der Waals surface area contributed by atoms with Gasteiger partial charge in [-0.2, -0.15) is 0 Å². The van der Waals surface area contributed by atoms with E-state index in [4.69, 9.17) is 23.2 Å². The molecule has 0 saturated heterocycles. The minimum atomic E-state index is -0.00915. The predicted octanol–water partition coefficient (Wildman–Crippen LogP) is 2.22. The molecule has 0 radical (unpaired) electrons. The van der Waals surface area contributed by atoms with Crippen molar-refractivity contribution in [1.82, 2.24) is 9.80 Å². The van der Waals surface area contributed by atoms with Crippen molar-refractivity contribution >= 4 is 29.1 Å². The van der Waals surface area contributed by atoms with Gasteiger partial charge in [-0.25, -0.2) is 0 Å². The zero-order chi connectivity index (χ0) is 13.9. The Morgan fingerprint density at radius 3 is 2.44 bits per heavy atom. The number of likely N-dealkylation sites (N-methyl/N-ethyl adjacent to an activating group) is 2. The molecule has 0 unspecified atom stereocenters. The third-order valence-electron chi connectivity index (χ3n) is 2.45. The monoisotopic (exact) mass is 290 g/mol. The first-order valence-corrected chi connectivity index (χ1v) is 6.12. The SMILES string of the molecule is CN(CC(=O)N(C)C)Cc1cc(Cl)cc(Cl)c1O. The highest BCUT2D eigenvalue weighted by atomic mass is 35.5. The van der Waals surface area contributed by atoms with Crippen molar-refractivity contribution in [1.29, 1.82) is 0 Å². The number of carbonyl (C=O) groups is 1. The lowest BCUT2D eigenvalue weighted by Crippen LogP contribution is -2.34. The molecule has 0 aromatic heterocycles. The second-order valence-electron chi connectivity index (χ2n) is 4.36. The summed E-state index contributed by atoms with van der Waals surface area (Å²) in [5, 5.41) is 10.5.